The molecule has 1 saturated carbocycles. The first-order chi connectivity index (χ1) is 9.75. The summed E-state index contributed by atoms with van der Waals surface area (Å²) in [6.45, 7) is 0.527. The van der Waals surface area contributed by atoms with Crippen LogP contribution < -0.4 is 4.90 Å². The highest BCUT2D eigenvalue weighted by Crippen LogP contribution is 2.33. The van der Waals surface area contributed by atoms with Gasteiger partial charge in [0.1, 0.15) is 5.82 Å². The van der Waals surface area contributed by atoms with Crippen molar-refractivity contribution < 1.29 is 4.92 Å². The minimum Gasteiger partial charge on any atom is -0.349 e. The predicted molar refractivity (Wildman–Crippen MR) is 76.5 cm³/mol. The zero-order valence-electron chi connectivity index (χ0n) is 11.0. The van der Waals surface area contributed by atoms with Gasteiger partial charge in [-0.2, -0.15) is 0 Å². The summed E-state index contributed by atoms with van der Waals surface area (Å²) in [6, 6.07) is 13.1. The maximum Gasteiger partial charge on any atom is 0.274 e. The molecule has 102 valence electrons. The molecule has 0 atom stereocenters. The van der Waals surface area contributed by atoms with Crippen LogP contribution in [0.2, 0.25) is 0 Å². The number of rotatable bonds is 5. The Morgan fingerprint density at radius 3 is 2.60 bits per heavy atom. The van der Waals surface area contributed by atoms with E-state index in [2.05, 4.69) is 9.88 Å². The summed E-state index contributed by atoms with van der Waals surface area (Å²) in [5.74, 6) is 0.883. The highest BCUT2D eigenvalue weighted by molar-refractivity contribution is 5.47. The van der Waals surface area contributed by atoms with Gasteiger partial charge in [-0.1, -0.05) is 24.3 Å². The van der Waals surface area contributed by atoms with Crippen LogP contribution in [0.3, 0.4) is 0 Å². The number of aromatic nitrogens is 1. The minimum atomic E-state index is -0.321. The molecule has 1 fully saturated rings. The average Bonchev–Trinajstić information content (AvgIpc) is 3.30. The molecule has 1 aromatic heterocycles. The van der Waals surface area contributed by atoms with Crippen molar-refractivity contribution in [1.29, 1.82) is 0 Å². The number of pyridine rings is 1. The van der Waals surface area contributed by atoms with Crippen LogP contribution >= 0.6 is 0 Å². The molecule has 0 radical (unpaired) electrons. The zero-order chi connectivity index (χ0) is 13.9. The summed E-state index contributed by atoms with van der Waals surface area (Å²) in [5.41, 5.74) is 0.907. The van der Waals surface area contributed by atoms with Crippen LogP contribution in [0.4, 0.5) is 11.5 Å². The Morgan fingerprint density at radius 2 is 1.95 bits per heavy atom. The van der Waals surface area contributed by atoms with Crippen molar-refractivity contribution in [2.75, 3.05) is 4.90 Å². The molecule has 3 rings (SSSR count). The first-order valence-electron chi connectivity index (χ1n) is 6.65. The fraction of sp³-hybridized carbons (Fsp3) is 0.267. The van der Waals surface area contributed by atoms with Gasteiger partial charge in [0.25, 0.3) is 5.69 Å². The molecular formula is C15H15N3O2. The number of anilines is 1. The van der Waals surface area contributed by atoms with E-state index in [0.717, 1.165) is 24.2 Å². The molecular weight excluding hydrogens is 254 g/mol. The molecule has 1 aliphatic rings. The van der Waals surface area contributed by atoms with Gasteiger partial charge in [-0.05, 0) is 25.0 Å². The third-order valence-electron chi connectivity index (χ3n) is 3.46. The van der Waals surface area contributed by atoms with Gasteiger partial charge in [0.05, 0.1) is 11.5 Å². The van der Waals surface area contributed by atoms with E-state index in [9.17, 15) is 10.1 Å². The summed E-state index contributed by atoms with van der Waals surface area (Å²) in [4.78, 5) is 17.3. The van der Waals surface area contributed by atoms with Gasteiger partial charge in [-0.15, -0.1) is 0 Å². The van der Waals surface area contributed by atoms with Crippen LogP contribution in [0.25, 0.3) is 0 Å². The molecule has 0 amide bonds. The van der Waals surface area contributed by atoms with Crippen molar-refractivity contribution in [3.8, 4) is 0 Å². The maximum atomic E-state index is 11.1. The minimum absolute atomic E-state index is 0.175. The summed E-state index contributed by atoms with van der Waals surface area (Å²) >= 11 is 0. The van der Waals surface area contributed by atoms with E-state index in [-0.39, 0.29) is 10.6 Å². The molecule has 0 unspecified atom stereocenters. The number of benzene rings is 1. The SMILES string of the molecule is O=[N+]([O-])c1ccccc1CN(c1ccccn1)C1CC1. The first-order valence-corrected chi connectivity index (χ1v) is 6.65. The van der Waals surface area contributed by atoms with Gasteiger partial charge >= 0.3 is 0 Å². The van der Waals surface area contributed by atoms with Crippen LogP contribution in [-0.2, 0) is 6.54 Å². The Balaban J connectivity index is 1.90. The van der Waals surface area contributed by atoms with Crippen LogP contribution in [0, 0.1) is 10.1 Å². The van der Waals surface area contributed by atoms with Crippen molar-refractivity contribution in [2.45, 2.75) is 25.4 Å². The van der Waals surface area contributed by atoms with E-state index >= 15 is 0 Å². The van der Waals surface area contributed by atoms with E-state index in [0.29, 0.717) is 12.6 Å². The molecule has 2 aromatic rings. The molecule has 0 aliphatic heterocycles. The first kappa shape index (κ1) is 12.6. The number of nitro benzene ring substituents is 1. The van der Waals surface area contributed by atoms with E-state index in [4.69, 9.17) is 0 Å². The Hall–Kier alpha value is -2.43. The normalized spacial score (nSPS) is 14.0. The van der Waals surface area contributed by atoms with E-state index in [1.807, 2.05) is 30.3 Å². The van der Waals surface area contributed by atoms with Crippen molar-refractivity contribution in [2.24, 2.45) is 0 Å². The summed E-state index contributed by atoms with van der Waals surface area (Å²) in [6.07, 6.45) is 4.00. The topological polar surface area (TPSA) is 59.3 Å². The second kappa shape index (κ2) is 5.28. The Labute approximate surface area is 117 Å². The summed E-state index contributed by atoms with van der Waals surface area (Å²) in [5, 5.41) is 11.1. The second-order valence-corrected chi connectivity index (χ2v) is 4.93. The largest absolute Gasteiger partial charge is 0.349 e. The van der Waals surface area contributed by atoms with Gasteiger partial charge < -0.3 is 4.90 Å². The lowest BCUT2D eigenvalue weighted by Gasteiger charge is -2.23. The van der Waals surface area contributed by atoms with E-state index in [1.54, 1.807) is 18.3 Å². The lowest BCUT2D eigenvalue weighted by Crippen LogP contribution is -2.26. The van der Waals surface area contributed by atoms with Crippen molar-refractivity contribution in [3.63, 3.8) is 0 Å². The number of hydrogen-bond acceptors (Lipinski definition) is 4. The predicted octanol–water partition coefficient (Wildman–Crippen LogP) is 3.16. The highest BCUT2D eigenvalue weighted by atomic mass is 16.6. The summed E-state index contributed by atoms with van der Waals surface area (Å²) < 4.78 is 0. The Bertz CT molecular complexity index is 612. The van der Waals surface area contributed by atoms with E-state index < -0.39 is 0 Å². The molecule has 5 nitrogen and oxygen atoms in total. The molecule has 1 heterocycles. The van der Waals surface area contributed by atoms with Gasteiger partial charge in [0.2, 0.25) is 0 Å². The third-order valence-corrected chi connectivity index (χ3v) is 3.46. The van der Waals surface area contributed by atoms with Crippen LogP contribution in [-0.4, -0.2) is 15.9 Å². The van der Waals surface area contributed by atoms with Crippen LogP contribution in [0.5, 0.6) is 0 Å². The van der Waals surface area contributed by atoms with Gasteiger partial charge in [-0.25, -0.2) is 4.98 Å². The smallest absolute Gasteiger partial charge is 0.274 e. The zero-order valence-corrected chi connectivity index (χ0v) is 11.0. The second-order valence-electron chi connectivity index (χ2n) is 4.93. The quantitative estimate of drug-likeness (QED) is 0.618. The lowest BCUT2D eigenvalue weighted by atomic mass is 10.1. The molecule has 20 heavy (non-hydrogen) atoms. The monoisotopic (exact) mass is 269 g/mol. The molecule has 0 N–H and O–H groups in total. The lowest BCUT2D eigenvalue weighted by molar-refractivity contribution is -0.385. The standard InChI is InChI=1S/C15H15N3O2/c19-18(20)14-6-2-1-5-12(14)11-17(13-8-9-13)15-7-3-4-10-16-15/h1-7,10,13H,8-9,11H2. The van der Waals surface area contributed by atoms with E-state index in [1.165, 1.54) is 0 Å². The third kappa shape index (κ3) is 2.61. The van der Waals surface area contributed by atoms with Crippen molar-refractivity contribution in [1.82, 2.24) is 4.98 Å². The Morgan fingerprint density at radius 1 is 1.20 bits per heavy atom. The average molecular weight is 269 g/mol. The van der Waals surface area contributed by atoms with Crippen molar-refractivity contribution in [3.05, 3.63) is 64.3 Å². The number of nitro groups is 1. The summed E-state index contributed by atoms with van der Waals surface area (Å²) in [7, 11) is 0. The molecule has 1 aromatic carbocycles. The molecule has 5 heteroatoms. The van der Waals surface area contributed by atoms with Crippen molar-refractivity contribution >= 4 is 11.5 Å². The van der Waals surface area contributed by atoms with Crippen LogP contribution in [0.1, 0.15) is 18.4 Å². The number of nitrogens with zero attached hydrogens (tertiary/aromatic N) is 3. The molecule has 0 spiro atoms. The van der Waals surface area contributed by atoms with Gasteiger partial charge in [0, 0.05) is 23.9 Å². The molecule has 0 saturated heterocycles. The Kier molecular flexibility index (Phi) is 3.33. The van der Waals surface area contributed by atoms with Gasteiger partial charge in [-0.3, -0.25) is 10.1 Å². The highest BCUT2D eigenvalue weighted by Gasteiger charge is 2.31. The number of hydrogen-bond donors (Lipinski definition) is 0. The maximum absolute atomic E-state index is 11.1. The number of para-hydroxylation sites is 1. The molecule has 0 bridgehead atoms. The fourth-order valence-electron chi connectivity index (χ4n) is 2.31. The van der Waals surface area contributed by atoms with Gasteiger partial charge in [0.15, 0.2) is 0 Å². The fourth-order valence-corrected chi connectivity index (χ4v) is 2.31. The molecule has 1 aliphatic carbocycles. The van der Waals surface area contributed by atoms with Crippen LogP contribution in [0.15, 0.2) is 48.7 Å².